The summed E-state index contributed by atoms with van der Waals surface area (Å²) in [5, 5.41) is 13.4. The number of nitro benzene ring substituents is 1. The van der Waals surface area contributed by atoms with Crippen molar-refractivity contribution in [3.8, 4) is 0 Å². The maximum atomic E-state index is 11.8. The Kier molecular flexibility index (Phi) is 5.17. The first-order chi connectivity index (χ1) is 9.95. The Balaban J connectivity index is 1.96. The smallest absolute Gasteiger partial charge is 0.289 e. The second-order valence-corrected chi connectivity index (χ2v) is 6.38. The molecule has 0 aliphatic rings. The zero-order chi connectivity index (χ0) is 15.4. The van der Waals surface area contributed by atoms with Crippen LogP contribution in [0.1, 0.15) is 11.3 Å². The van der Waals surface area contributed by atoms with Crippen LogP contribution >= 0.6 is 34.5 Å². The summed E-state index contributed by atoms with van der Waals surface area (Å²) < 4.78 is 0.679. The number of aryl methyl sites for hydroxylation is 1. The molecule has 2 rings (SSSR count). The average Bonchev–Trinajstić information content (AvgIpc) is 2.84. The summed E-state index contributed by atoms with van der Waals surface area (Å²) in [5.41, 5.74) is 0.111. The fourth-order valence-electron chi connectivity index (χ4n) is 1.68. The molecule has 0 atom stereocenters. The molecule has 1 aromatic carbocycles. The van der Waals surface area contributed by atoms with Crippen LogP contribution in [0.15, 0.2) is 30.3 Å². The summed E-state index contributed by atoms with van der Waals surface area (Å²) in [4.78, 5) is 23.0. The van der Waals surface area contributed by atoms with Crippen LogP contribution in [0.2, 0.25) is 9.36 Å². The van der Waals surface area contributed by atoms with E-state index in [1.807, 2.05) is 6.07 Å². The average molecular weight is 345 g/mol. The second kappa shape index (κ2) is 6.89. The molecule has 0 fully saturated rings. The van der Waals surface area contributed by atoms with Gasteiger partial charge in [-0.3, -0.25) is 14.9 Å². The molecule has 8 heteroatoms. The first kappa shape index (κ1) is 15.8. The monoisotopic (exact) mass is 344 g/mol. The SMILES string of the molecule is O=C(CCc1ccc(Cl)s1)Nc1ccc(Cl)c([N+](=O)[O-])c1. The third kappa shape index (κ3) is 4.42. The van der Waals surface area contributed by atoms with Crippen molar-refractivity contribution in [3.63, 3.8) is 0 Å². The molecule has 1 heterocycles. The number of hydrogen-bond acceptors (Lipinski definition) is 4. The van der Waals surface area contributed by atoms with E-state index < -0.39 is 4.92 Å². The number of thiophene rings is 1. The van der Waals surface area contributed by atoms with Crippen LogP contribution in [0.5, 0.6) is 0 Å². The molecule has 1 aromatic heterocycles. The van der Waals surface area contributed by atoms with E-state index in [1.54, 1.807) is 6.07 Å². The number of nitrogens with zero attached hydrogens (tertiary/aromatic N) is 1. The lowest BCUT2D eigenvalue weighted by molar-refractivity contribution is -0.384. The molecule has 0 unspecified atom stereocenters. The number of amides is 1. The van der Waals surface area contributed by atoms with E-state index in [-0.39, 0.29) is 23.0 Å². The number of carbonyl (C=O) groups excluding carboxylic acids is 1. The van der Waals surface area contributed by atoms with Crippen molar-refractivity contribution in [2.75, 3.05) is 5.32 Å². The van der Waals surface area contributed by atoms with Crippen molar-refractivity contribution in [1.29, 1.82) is 0 Å². The molecule has 110 valence electrons. The van der Waals surface area contributed by atoms with Gasteiger partial charge in [-0.25, -0.2) is 0 Å². The van der Waals surface area contributed by atoms with E-state index in [0.29, 0.717) is 16.4 Å². The Labute approximate surface area is 134 Å². The highest BCUT2D eigenvalue weighted by molar-refractivity contribution is 7.16. The van der Waals surface area contributed by atoms with E-state index in [4.69, 9.17) is 23.2 Å². The van der Waals surface area contributed by atoms with Crippen molar-refractivity contribution >= 4 is 51.8 Å². The van der Waals surface area contributed by atoms with E-state index in [1.165, 1.54) is 29.5 Å². The summed E-state index contributed by atoms with van der Waals surface area (Å²) in [5.74, 6) is -0.226. The molecule has 0 bridgehead atoms. The lowest BCUT2D eigenvalue weighted by Crippen LogP contribution is -2.12. The molecule has 1 amide bonds. The molecule has 0 spiro atoms. The Morgan fingerprint density at radius 3 is 2.67 bits per heavy atom. The Morgan fingerprint density at radius 2 is 2.05 bits per heavy atom. The highest BCUT2D eigenvalue weighted by Crippen LogP contribution is 2.27. The van der Waals surface area contributed by atoms with Gasteiger partial charge >= 0.3 is 0 Å². The summed E-state index contributed by atoms with van der Waals surface area (Å²) in [6.07, 6.45) is 0.839. The normalized spacial score (nSPS) is 10.4. The van der Waals surface area contributed by atoms with Gasteiger partial charge in [0, 0.05) is 23.1 Å². The highest BCUT2D eigenvalue weighted by atomic mass is 35.5. The van der Waals surface area contributed by atoms with Gasteiger partial charge in [0.15, 0.2) is 0 Å². The van der Waals surface area contributed by atoms with Crippen LogP contribution in [0, 0.1) is 10.1 Å². The highest BCUT2D eigenvalue weighted by Gasteiger charge is 2.14. The van der Waals surface area contributed by atoms with Gasteiger partial charge in [0.1, 0.15) is 5.02 Å². The third-order valence-electron chi connectivity index (χ3n) is 2.65. The standard InChI is InChI=1S/C13H10Cl2N2O3S/c14-10-4-1-8(7-11(10)17(19)20)16-13(18)6-3-9-2-5-12(15)21-9/h1-2,4-5,7H,3,6H2,(H,16,18). The quantitative estimate of drug-likeness (QED) is 0.639. The summed E-state index contributed by atoms with van der Waals surface area (Å²) >= 11 is 12.9. The summed E-state index contributed by atoms with van der Waals surface area (Å²) in [7, 11) is 0. The minimum atomic E-state index is -0.592. The molecular formula is C13H10Cl2N2O3S. The number of rotatable bonds is 5. The van der Waals surface area contributed by atoms with E-state index in [9.17, 15) is 14.9 Å². The molecule has 0 saturated heterocycles. The maximum absolute atomic E-state index is 11.8. The van der Waals surface area contributed by atoms with Crippen LogP contribution in [0.25, 0.3) is 0 Å². The van der Waals surface area contributed by atoms with Crippen LogP contribution in [0.4, 0.5) is 11.4 Å². The predicted molar refractivity (Wildman–Crippen MR) is 84.4 cm³/mol. The largest absolute Gasteiger partial charge is 0.326 e. The van der Waals surface area contributed by atoms with Gasteiger partial charge in [-0.1, -0.05) is 23.2 Å². The van der Waals surface area contributed by atoms with E-state index in [0.717, 1.165) is 4.88 Å². The topological polar surface area (TPSA) is 72.2 Å². The van der Waals surface area contributed by atoms with Gasteiger partial charge in [-0.2, -0.15) is 0 Å². The lowest BCUT2D eigenvalue weighted by Gasteiger charge is -2.05. The molecule has 2 aromatic rings. The summed E-state index contributed by atoms with van der Waals surface area (Å²) in [6, 6.07) is 7.79. The van der Waals surface area contributed by atoms with Crippen molar-refractivity contribution in [2.24, 2.45) is 0 Å². The maximum Gasteiger partial charge on any atom is 0.289 e. The minimum Gasteiger partial charge on any atom is -0.326 e. The molecule has 0 radical (unpaired) electrons. The number of nitro groups is 1. The molecule has 5 nitrogen and oxygen atoms in total. The molecule has 21 heavy (non-hydrogen) atoms. The van der Waals surface area contributed by atoms with Crippen molar-refractivity contribution in [1.82, 2.24) is 0 Å². The Hall–Kier alpha value is -1.63. The van der Waals surface area contributed by atoms with Crippen molar-refractivity contribution in [3.05, 3.63) is 54.7 Å². The van der Waals surface area contributed by atoms with Gasteiger partial charge in [0.2, 0.25) is 5.91 Å². The van der Waals surface area contributed by atoms with Gasteiger partial charge in [0.25, 0.3) is 5.69 Å². The first-order valence-electron chi connectivity index (χ1n) is 5.93. The van der Waals surface area contributed by atoms with Crippen LogP contribution in [0.3, 0.4) is 0 Å². The number of hydrogen-bond donors (Lipinski definition) is 1. The number of halogens is 2. The fraction of sp³-hybridized carbons (Fsp3) is 0.154. The predicted octanol–water partition coefficient (Wildman–Crippen LogP) is 4.53. The third-order valence-corrected chi connectivity index (χ3v) is 4.26. The van der Waals surface area contributed by atoms with E-state index in [2.05, 4.69) is 5.32 Å². The number of benzene rings is 1. The van der Waals surface area contributed by atoms with Crippen molar-refractivity contribution < 1.29 is 9.72 Å². The van der Waals surface area contributed by atoms with Gasteiger partial charge in [-0.05, 0) is 30.7 Å². The molecule has 0 aliphatic heterocycles. The van der Waals surface area contributed by atoms with Crippen molar-refractivity contribution in [2.45, 2.75) is 12.8 Å². The van der Waals surface area contributed by atoms with Gasteiger partial charge in [-0.15, -0.1) is 11.3 Å². The molecule has 1 N–H and O–H groups in total. The van der Waals surface area contributed by atoms with Gasteiger partial charge < -0.3 is 5.32 Å². The lowest BCUT2D eigenvalue weighted by atomic mass is 10.2. The van der Waals surface area contributed by atoms with Crippen LogP contribution in [-0.4, -0.2) is 10.8 Å². The molecular weight excluding hydrogens is 335 g/mol. The summed E-state index contributed by atoms with van der Waals surface area (Å²) in [6.45, 7) is 0. The zero-order valence-corrected chi connectivity index (χ0v) is 13.0. The number of anilines is 1. The van der Waals surface area contributed by atoms with Crippen LogP contribution < -0.4 is 5.32 Å². The Bertz CT molecular complexity index is 688. The Morgan fingerprint density at radius 1 is 1.29 bits per heavy atom. The first-order valence-corrected chi connectivity index (χ1v) is 7.51. The fourth-order valence-corrected chi connectivity index (χ4v) is 2.95. The second-order valence-electron chi connectivity index (χ2n) is 4.18. The molecule has 0 saturated carbocycles. The number of nitrogens with one attached hydrogen (secondary N) is 1. The van der Waals surface area contributed by atoms with Gasteiger partial charge in [0.05, 0.1) is 9.26 Å². The molecule has 0 aliphatic carbocycles. The minimum absolute atomic E-state index is 0.0335. The van der Waals surface area contributed by atoms with E-state index >= 15 is 0 Å². The zero-order valence-electron chi connectivity index (χ0n) is 10.6. The van der Waals surface area contributed by atoms with Crippen LogP contribution in [-0.2, 0) is 11.2 Å². The number of carbonyl (C=O) groups is 1.